The number of aliphatic carboxylic acids is 1. The quantitative estimate of drug-likeness (QED) is 0.236. The molecular formula is C20H44N2O6. The van der Waals surface area contributed by atoms with Crippen LogP contribution in [0.4, 0.5) is 0 Å². The Morgan fingerprint density at radius 3 is 1.36 bits per heavy atom. The summed E-state index contributed by atoms with van der Waals surface area (Å²) in [6.07, 6.45) is 4.53. The van der Waals surface area contributed by atoms with E-state index in [9.17, 15) is 4.79 Å². The molecule has 0 aromatic heterocycles. The zero-order chi connectivity index (χ0) is 21.8. The highest BCUT2D eigenvalue weighted by Crippen LogP contribution is 2.22. The fraction of sp³-hybridized carbons (Fsp3) is 0.950. The van der Waals surface area contributed by atoms with Gasteiger partial charge in [-0.15, -0.1) is 0 Å². The largest absolute Gasteiger partial charge is 0.481 e. The minimum Gasteiger partial charge on any atom is -0.481 e. The molecule has 0 amide bonds. The molecule has 8 heteroatoms. The van der Waals surface area contributed by atoms with Gasteiger partial charge in [-0.05, 0) is 18.3 Å². The van der Waals surface area contributed by atoms with Gasteiger partial charge in [-0.1, -0.05) is 33.6 Å². The van der Waals surface area contributed by atoms with E-state index >= 15 is 0 Å². The average Bonchev–Trinajstić information content (AvgIpc) is 2.59. The molecule has 0 aliphatic carbocycles. The third-order valence-electron chi connectivity index (χ3n) is 4.21. The summed E-state index contributed by atoms with van der Waals surface area (Å²) in [6.45, 7) is 10.5. The summed E-state index contributed by atoms with van der Waals surface area (Å²) in [5.74, 6) is -0.675. The number of aliphatic hydroxyl groups is 4. The van der Waals surface area contributed by atoms with Gasteiger partial charge in [0.15, 0.2) is 0 Å². The summed E-state index contributed by atoms with van der Waals surface area (Å²) in [5.41, 5.74) is 0.392. The SMILES string of the molecule is CC(C)(C)CCCCCC(=O)O.OCCN(CCO)CCN(CCO)CCO. The van der Waals surface area contributed by atoms with Gasteiger partial charge in [0, 0.05) is 45.7 Å². The molecule has 0 aromatic rings. The second-order valence-electron chi connectivity index (χ2n) is 8.09. The molecule has 0 aliphatic rings. The Balaban J connectivity index is 0. The number of hydrogen-bond donors (Lipinski definition) is 5. The first-order valence-corrected chi connectivity index (χ1v) is 10.3. The minimum atomic E-state index is -0.675. The van der Waals surface area contributed by atoms with Crippen molar-refractivity contribution in [3.8, 4) is 0 Å². The van der Waals surface area contributed by atoms with Gasteiger partial charge in [0.2, 0.25) is 0 Å². The van der Waals surface area contributed by atoms with Crippen molar-refractivity contribution in [2.45, 2.75) is 52.9 Å². The molecule has 0 saturated carbocycles. The predicted octanol–water partition coefficient (Wildman–Crippen LogP) is 0.627. The highest BCUT2D eigenvalue weighted by Gasteiger charge is 2.09. The highest BCUT2D eigenvalue weighted by atomic mass is 16.4. The van der Waals surface area contributed by atoms with Crippen molar-refractivity contribution in [3.05, 3.63) is 0 Å². The maximum absolute atomic E-state index is 10.2. The first-order chi connectivity index (χ1) is 13.2. The highest BCUT2D eigenvalue weighted by molar-refractivity contribution is 5.66. The Morgan fingerprint density at radius 1 is 0.679 bits per heavy atom. The third-order valence-corrected chi connectivity index (χ3v) is 4.21. The lowest BCUT2D eigenvalue weighted by molar-refractivity contribution is -0.137. The van der Waals surface area contributed by atoms with Gasteiger partial charge < -0.3 is 25.5 Å². The van der Waals surface area contributed by atoms with Crippen molar-refractivity contribution in [1.29, 1.82) is 0 Å². The Morgan fingerprint density at radius 2 is 1.07 bits per heavy atom. The van der Waals surface area contributed by atoms with Crippen LogP contribution in [0.1, 0.15) is 52.9 Å². The molecule has 28 heavy (non-hydrogen) atoms. The molecule has 8 nitrogen and oxygen atoms in total. The normalized spacial score (nSPS) is 11.6. The summed E-state index contributed by atoms with van der Waals surface area (Å²) in [7, 11) is 0. The number of carboxylic acids is 1. The van der Waals surface area contributed by atoms with E-state index in [1.807, 2.05) is 9.80 Å². The van der Waals surface area contributed by atoms with Crippen molar-refractivity contribution in [1.82, 2.24) is 9.80 Å². The van der Waals surface area contributed by atoms with E-state index < -0.39 is 5.97 Å². The fourth-order valence-electron chi connectivity index (χ4n) is 2.63. The predicted molar refractivity (Wildman–Crippen MR) is 111 cm³/mol. The van der Waals surface area contributed by atoms with Crippen LogP contribution in [0.5, 0.6) is 0 Å². The zero-order valence-electron chi connectivity index (χ0n) is 18.1. The van der Waals surface area contributed by atoms with Crippen LogP contribution in [0.2, 0.25) is 0 Å². The minimum absolute atomic E-state index is 0.0694. The van der Waals surface area contributed by atoms with Gasteiger partial charge in [-0.25, -0.2) is 0 Å². The summed E-state index contributed by atoms with van der Waals surface area (Å²) in [5, 5.41) is 43.6. The number of rotatable bonds is 16. The Hall–Kier alpha value is -0.770. The van der Waals surface area contributed by atoms with E-state index in [4.69, 9.17) is 25.5 Å². The lowest BCUT2D eigenvalue weighted by Crippen LogP contribution is -2.40. The van der Waals surface area contributed by atoms with Crippen molar-refractivity contribution in [2.75, 3.05) is 65.7 Å². The summed E-state index contributed by atoms with van der Waals surface area (Å²) in [4.78, 5) is 14.1. The van der Waals surface area contributed by atoms with Crippen LogP contribution in [0.15, 0.2) is 0 Å². The molecule has 0 atom stereocenters. The average molecular weight is 409 g/mol. The summed E-state index contributed by atoms with van der Waals surface area (Å²) in [6, 6.07) is 0. The van der Waals surface area contributed by atoms with Gasteiger partial charge in [-0.3, -0.25) is 14.6 Å². The molecule has 0 spiro atoms. The molecule has 170 valence electrons. The lowest BCUT2D eigenvalue weighted by Gasteiger charge is -2.25. The summed E-state index contributed by atoms with van der Waals surface area (Å²) < 4.78 is 0. The second-order valence-corrected chi connectivity index (χ2v) is 8.09. The van der Waals surface area contributed by atoms with Gasteiger partial charge in [0.25, 0.3) is 0 Å². The number of nitrogens with zero attached hydrogens (tertiary/aromatic N) is 2. The smallest absolute Gasteiger partial charge is 0.303 e. The van der Waals surface area contributed by atoms with Gasteiger partial charge in [0.1, 0.15) is 0 Å². The van der Waals surface area contributed by atoms with E-state index in [-0.39, 0.29) is 26.4 Å². The van der Waals surface area contributed by atoms with Crippen molar-refractivity contribution in [3.63, 3.8) is 0 Å². The van der Waals surface area contributed by atoms with E-state index in [0.29, 0.717) is 51.1 Å². The lowest BCUT2D eigenvalue weighted by atomic mass is 9.89. The maximum atomic E-state index is 10.2. The van der Waals surface area contributed by atoms with Crippen LogP contribution in [-0.2, 0) is 4.79 Å². The molecule has 0 saturated heterocycles. The van der Waals surface area contributed by atoms with Crippen LogP contribution in [-0.4, -0.2) is 107 Å². The molecular weight excluding hydrogens is 364 g/mol. The van der Waals surface area contributed by atoms with Gasteiger partial charge in [0.05, 0.1) is 26.4 Å². The van der Waals surface area contributed by atoms with Crippen molar-refractivity contribution >= 4 is 5.97 Å². The fourth-order valence-corrected chi connectivity index (χ4v) is 2.63. The topological polar surface area (TPSA) is 125 Å². The molecule has 0 aromatic carbocycles. The van der Waals surface area contributed by atoms with E-state index in [1.165, 1.54) is 6.42 Å². The molecule has 0 radical (unpaired) electrons. The number of aliphatic hydroxyl groups excluding tert-OH is 4. The maximum Gasteiger partial charge on any atom is 0.303 e. The van der Waals surface area contributed by atoms with E-state index in [2.05, 4.69) is 20.8 Å². The number of carbonyl (C=O) groups is 1. The van der Waals surface area contributed by atoms with E-state index in [1.54, 1.807) is 0 Å². The van der Waals surface area contributed by atoms with Crippen LogP contribution in [0.25, 0.3) is 0 Å². The standard InChI is InChI=1S/C10H24N2O4.C10H20O2/c13-7-3-11(4-8-14)1-2-12(5-9-15)6-10-16;1-10(2,3)8-6-4-5-7-9(11)12/h13-16H,1-10H2;4-8H2,1-3H3,(H,11,12). The zero-order valence-corrected chi connectivity index (χ0v) is 18.1. The van der Waals surface area contributed by atoms with Gasteiger partial charge >= 0.3 is 5.97 Å². The van der Waals surface area contributed by atoms with Crippen LogP contribution >= 0.6 is 0 Å². The van der Waals surface area contributed by atoms with Crippen LogP contribution in [0.3, 0.4) is 0 Å². The first-order valence-electron chi connectivity index (χ1n) is 10.3. The molecule has 0 unspecified atom stereocenters. The van der Waals surface area contributed by atoms with Crippen LogP contribution < -0.4 is 0 Å². The molecule has 0 rings (SSSR count). The number of hydrogen-bond acceptors (Lipinski definition) is 7. The van der Waals surface area contributed by atoms with Crippen molar-refractivity contribution < 1.29 is 30.3 Å². The number of unbranched alkanes of at least 4 members (excludes halogenated alkanes) is 2. The first kappa shape index (κ1) is 29.4. The Labute approximate surface area is 170 Å². The molecule has 0 heterocycles. The molecule has 0 bridgehead atoms. The van der Waals surface area contributed by atoms with Gasteiger partial charge in [-0.2, -0.15) is 0 Å². The van der Waals surface area contributed by atoms with Crippen molar-refractivity contribution in [2.24, 2.45) is 5.41 Å². The van der Waals surface area contributed by atoms with E-state index in [0.717, 1.165) is 19.3 Å². The molecule has 5 N–H and O–H groups in total. The summed E-state index contributed by atoms with van der Waals surface area (Å²) >= 11 is 0. The van der Waals surface area contributed by atoms with Crippen LogP contribution in [0, 0.1) is 5.41 Å². The third kappa shape index (κ3) is 23.3. The molecule has 0 aliphatic heterocycles. The Kier molecular flexibility index (Phi) is 20.5. The second kappa shape index (κ2) is 19.5. The molecule has 0 fully saturated rings. The number of carboxylic acid groups (broad SMARTS) is 1. The monoisotopic (exact) mass is 408 g/mol. The Bertz CT molecular complexity index is 322.